The number of carboxylic acid groups (broad SMARTS) is 1. The fourth-order valence-corrected chi connectivity index (χ4v) is 2.29. The van der Waals surface area contributed by atoms with Gasteiger partial charge in [-0.3, -0.25) is 9.59 Å². The molecule has 0 saturated carbocycles. The van der Waals surface area contributed by atoms with E-state index in [0.717, 1.165) is 12.8 Å². The molecule has 1 aliphatic carbocycles. The largest absolute Gasteiger partial charge is 0.481 e. The second-order valence-corrected chi connectivity index (χ2v) is 5.00. The van der Waals surface area contributed by atoms with Gasteiger partial charge in [-0.05, 0) is 36.8 Å². The molecule has 0 aliphatic heterocycles. The Bertz CT molecular complexity index is 382. The molecule has 0 aromatic heterocycles. The normalized spacial score (nSPS) is 20.8. The molecule has 0 heterocycles. The van der Waals surface area contributed by atoms with E-state index in [0.29, 0.717) is 18.4 Å². The molecule has 1 aliphatic rings. The van der Waals surface area contributed by atoms with Crippen molar-refractivity contribution in [3.05, 3.63) is 23.8 Å². The summed E-state index contributed by atoms with van der Waals surface area (Å²) in [5.74, 6) is -0.510. The van der Waals surface area contributed by atoms with Crippen LogP contribution in [0.15, 0.2) is 23.8 Å². The summed E-state index contributed by atoms with van der Waals surface area (Å²) in [5.41, 5.74) is 0.664. The molecule has 0 fully saturated rings. The first kappa shape index (κ1) is 15.6. The summed E-state index contributed by atoms with van der Waals surface area (Å²) >= 11 is 0. The summed E-state index contributed by atoms with van der Waals surface area (Å²) < 4.78 is 0. The molecule has 2 atom stereocenters. The molecule has 0 amide bonds. The van der Waals surface area contributed by atoms with Gasteiger partial charge >= 0.3 is 5.97 Å². The number of rotatable bonds is 8. The number of aliphatic hydroxyl groups excluding tert-OH is 1. The van der Waals surface area contributed by atoms with E-state index in [1.165, 1.54) is 0 Å². The number of carbonyl (C=O) groups is 2. The number of carboxylic acids is 1. The zero-order valence-electron chi connectivity index (χ0n) is 11.3. The molecule has 0 bridgehead atoms. The van der Waals surface area contributed by atoms with Gasteiger partial charge < -0.3 is 10.2 Å². The van der Waals surface area contributed by atoms with Crippen molar-refractivity contribution < 1.29 is 19.8 Å². The van der Waals surface area contributed by atoms with Gasteiger partial charge in [0.25, 0.3) is 0 Å². The highest BCUT2D eigenvalue weighted by molar-refractivity contribution is 5.98. The van der Waals surface area contributed by atoms with Crippen molar-refractivity contribution in [2.24, 2.45) is 5.92 Å². The van der Waals surface area contributed by atoms with E-state index in [4.69, 9.17) is 5.11 Å². The maximum Gasteiger partial charge on any atom is 0.303 e. The zero-order chi connectivity index (χ0) is 14.3. The smallest absolute Gasteiger partial charge is 0.303 e. The number of allylic oxidation sites excluding steroid dienone is 3. The van der Waals surface area contributed by atoms with Gasteiger partial charge in [-0.2, -0.15) is 0 Å². The minimum atomic E-state index is -0.772. The van der Waals surface area contributed by atoms with Crippen molar-refractivity contribution in [1.82, 2.24) is 0 Å². The average molecular weight is 266 g/mol. The minimum Gasteiger partial charge on any atom is -0.481 e. The molecule has 2 unspecified atom stereocenters. The molecule has 19 heavy (non-hydrogen) atoms. The zero-order valence-corrected chi connectivity index (χ0v) is 11.3. The van der Waals surface area contributed by atoms with Crippen LogP contribution in [0, 0.1) is 5.92 Å². The predicted octanol–water partition coefficient (Wildman–Crippen LogP) is 2.47. The number of ketones is 1. The fraction of sp³-hybridized carbons (Fsp3) is 0.600. The van der Waals surface area contributed by atoms with Gasteiger partial charge in [-0.15, -0.1) is 0 Å². The standard InChI is InChI=1S/C15H22O4/c1-2-4-11(7-8-15(18)19)5-3-6-12-9-13(16)10-14(12)17/h3,5,9,11,13,16H,2,4,6-8,10H2,1H3,(H,18,19)/b5-3-. The van der Waals surface area contributed by atoms with Crippen LogP contribution in [0.5, 0.6) is 0 Å². The SMILES string of the molecule is CCCC(/C=C\CC1=CC(O)CC1=O)CCC(=O)O. The van der Waals surface area contributed by atoms with Gasteiger partial charge in [0.15, 0.2) is 5.78 Å². The van der Waals surface area contributed by atoms with Crippen LogP contribution in [-0.2, 0) is 9.59 Å². The van der Waals surface area contributed by atoms with Crippen molar-refractivity contribution in [2.45, 2.75) is 51.6 Å². The average Bonchev–Trinajstić information content (AvgIpc) is 2.65. The third-order valence-corrected chi connectivity index (χ3v) is 3.28. The topological polar surface area (TPSA) is 74.6 Å². The van der Waals surface area contributed by atoms with Crippen LogP contribution in [0.4, 0.5) is 0 Å². The van der Waals surface area contributed by atoms with Gasteiger partial charge in [0.1, 0.15) is 0 Å². The Morgan fingerprint density at radius 1 is 1.53 bits per heavy atom. The Morgan fingerprint density at radius 3 is 2.79 bits per heavy atom. The molecule has 1 rings (SSSR count). The second-order valence-electron chi connectivity index (χ2n) is 5.00. The van der Waals surface area contributed by atoms with E-state index in [2.05, 4.69) is 6.92 Å². The molecule has 4 heteroatoms. The van der Waals surface area contributed by atoms with Crippen molar-refractivity contribution in [3.8, 4) is 0 Å². The van der Waals surface area contributed by atoms with E-state index in [9.17, 15) is 14.7 Å². The molecule has 4 nitrogen and oxygen atoms in total. The molecule has 0 radical (unpaired) electrons. The molecule has 0 spiro atoms. The van der Waals surface area contributed by atoms with Gasteiger partial charge in [-0.25, -0.2) is 0 Å². The first-order valence-electron chi connectivity index (χ1n) is 6.83. The molecule has 106 valence electrons. The summed E-state index contributed by atoms with van der Waals surface area (Å²) in [6.07, 6.45) is 8.41. The first-order valence-corrected chi connectivity index (χ1v) is 6.83. The van der Waals surface area contributed by atoms with E-state index >= 15 is 0 Å². The van der Waals surface area contributed by atoms with E-state index in [1.807, 2.05) is 12.2 Å². The Labute approximate surface area is 113 Å². The summed E-state index contributed by atoms with van der Waals surface area (Å²) in [4.78, 5) is 22.0. The number of hydrogen-bond donors (Lipinski definition) is 2. The van der Waals surface area contributed by atoms with Gasteiger partial charge in [0.2, 0.25) is 0 Å². The van der Waals surface area contributed by atoms with Gasteiger partial charge in [0.05, 0.1) is 6.10 Å². The van der Waals surface area contributed by atoms with E-state index < -0.39 is 12.1 Å². The lowest BCUT2D eigenvalue weighted by molar-refractivity contribution is -0.137. The van der Waals surface area contributed by atoms with Crippen LogP contribution < -0.4 is 0 Å². The van der Waals surface area contributed by atoms with Crippen molar-refractivity contribution in [3.63, 3.8) is 0 Å². The van der Waals surface area contributed by atoms with E-state index in [1.54, 1.807) is 6.08 Å². The van der Waals surface area contributed by atoms with Crippen molar-refractivity contribution >= 4 is 11.8 Å². The lowest BCUT2D eigenvalue weighted by Gasteiger charge is -2.09. The molecule has 0 aromatic carbocycles. The molecule has 2 N–H and O–H groups in total. The van der Waals surface area contributed by atoms with Crippen molar-refractivity contribution in [2.75, 3.05) is 0 Å². The Kier molecular flexibility index (Phi) is 6.50. The summed E-state index contributed by atoms with van der Waals surface area (Å²) in [6.45, 7) is 2.07. The van der Waals surface area contributed by atoms with Crippen LogP contribution in [0.1, 0.15) is 45.4 Å². The lowest BCUT2D eigenvalue weighted by Crippen LogP contribution is -2.02. The third-order valence-electron chi connectivity index (χ3n) is 3.28. The Morgan fingerprint density at radius 2 is 2.26 bits per heavy atom. The second kappa shape index (κ2) is 7.89. The molecule has 0 saturated heterocycles. The van der Waals surface area contributed by atoms with Gasteiger partial charge in [0, 0.05) is 12.8 Å². The van der Waals surface area contributed by atoms with Crippen molar-refractivity contribution in [1.29, 1.82) is 0 Å². The molecule has 0 aromatic rings. The van der Waals surface area contributed by atoms with Crippen LogP contribution in [0.25, 0.3) is 0 Å². The van der Waals surface area contributed by atoms with E-state index in [-0.39, 0.29) is 24.5 Å². The minimum absolute atomic E-state index is 0.00901. The molecular formula is C15H22O4. The Hall–Kier alpha value is -1.42. The quantitative estimate of drug-likeness (QED) is 0.662. The molecular weight excluding hydrogens is 244 g/mol. The van der Waals surface area contributed by atoms with Crippen LogP contribution in [0.3, 0.4) is 0 Å². The summed E-state index contributed by atoms with van der Waals surface area (Å²) in [7, 11) is 0. The highest BCUT2D eigenvalue weighted by atomic mass is 16.4. The summed E-state index contributed by atoms with van der Waals surface area (Å²) in [6, 6.07) is 0. The number of Topliss-reactive ketones (excluding diaryl/α,β-unsaturated/α-hetero) is 1. The monoisotopic (exact) mass is 266 g/mol. The number of carbonyl (C=O) groups excluding carboxylic acids is 1. The predicted molar refractivity (Wildman–Crippen MR) is 72.7 cm³/mol. The third kappa shape index (κ3) is 5.83. The maximum atomic E-state index is 11.5. The van der Waals surface area contributed by atoms with Crippen LogP contribution in [-0.4, -0.2) is 28.1 Å². The maximum absolute atomic E-state index is 11.5. The number of aliphatic carboxylic acids is 1. The Balaban J connectivity index is 2.44. The number of hydrogen-bond acceptors (Lipinski definition) is 3. The summed E-state index contributed by atoms with van der Waals surface area (Å²) in [5, 5.41) is 18.0. The fourth-order valence-electron chi connectivity index (χ4n) is 2.29. The van der Waals surface area contributed by atoms with Gasteiger partial charge in [-0.1, -0.05) is 25.5 Å². The highest BCUT2D eigenvalue weighted by Crippen LogP contribution is 2.20. The number of aliphatic hydroxyl groups is 1. The van der Waals surface area contributed by atoms with Crippen LogP contribution >= 0.6 is 0 Å². The van der Waals surface area contributed by atoms with Crippen LogP contribution in [0.2, 0.25) is 0 Å². The lowest BCUT2D eigenvalue weighted by atomic mass is 9.96. The highest BCUT2D eigenvalue weighted by Gasteiger charge is 2.20. The first-order chi connectivity index (χ1) is 9.02.